The normalized spacial score (nSPS) is 14.8. The summed E-state index contributed by atoms with van der Waals surface area (Å²) in [5.41, 5.74) is 0.0620. The molecule has 2 aromatic rings. The zero-order valence-electron chi connectivity index (χ0n) is 21.5. The number of aliphatic hydroxyl groups is 1. The number of hydrogen-bond donors (Lipinski definition) is 4. The molecule has 0 saturated heterocycles. The van der Waals surface area contributed by atoms with Gasteiger partial charge in [-0.3, -0.25) is 19.5 Å². The molecule has 0 aliphatic heterocycles. The Morgan fingerprint density at radius 2 is 1.68 bits per heavy atom. The molecule has 1 aliphatic rings. The van der Waals surface area contributed by atoms with E-state index in [0.717, 1.165) is 36.8 Å². The van der Waals surface area contributed by atoms with E-state index in [-0.39, 0.29) is 5.41 Å². The Labute approximate surface area is 226 Å². The van der Waals surface area contributed by atoms with Crippen LogP contribution in [0.15, 0.2) is 48.7 Å². The predicted molar refractivity (Wildman–Crippen MR) is 140 cm³/mol. The van der Waals surface area contributed by atoms with Crippen LogP contribution in [0, 0.1) is 0 Å². The van der Waals surface area contributed by atoms with Gasteiger partial charge in [-0.05, 0) is 56.0 Å². The third-order valence-corrected chi connectivity index (χ3v) is 6.81. The molecule has 1 aromatic heterocycles. The summed E-state index contributed by atoms with van der Waals surface area (Å²) < 4.78 is 5.26. The molecule has 1 aliphatic carbocycles. The second kappa shape index (κ2) is 14.2. The fourth-order valence-electron chi connectivity index (χ4n) is 4.23. The number of rotatable bonds is 14. The van der Waals surface area contributed by atoms with Gasteiger partial charge in [-0.25, -0.2) is 4.79 Å². The second-order valence-electron chi connectivity index (χ2n) is 9.51. The van der Waals surface area contributed by atoms with Crippen molar-refractivity contribution in [2.45, 2.75) is 56.1 Å². The molecule has 38 heavy (non-hydrogen) atoms. The molecule has 0 amide bonds. The van der Waals surface area contributed by atoms with Crippen LogP contribution in [0.5, 0.6) is 0 Å². The topological polar surface area (TPSA) is 157 Å². The van der Waals surface area contributed by atoms with Gasteiger partial charge in [-0.15, -0.1) is 0 Å². The number of carbonyl (C=O) groups is 3. The number of methoxy groups -OCH3 is 1. The Kier molecular flexibility index (Phi) is 11.6. The zero-order chi connectivity index (χ0) is 28.3. The zero-order valence-corrected chi connectivity index (χ0v) is 22.3. The smallest absolute Gasteiger partial charge is 0.336 e. The maximum absolute atomic E-state index is 10.3. The van der Waals surface area contributed by atoms with Crippen molar-refractivity contribution < 1.29 is 39.5 Å². The maximum atomic E-state index is 10.3. The van der Waals surface area contributed by atoms with Crippen molar-refractivity contribution in [3.05, 3.63) is 64.9 Å². The maximum Gasteiger partial charge on any atom is 0.336 e. The van der Waals surface area contributed by atoms with Gasteiger partial charge < -0.3 is 25.2 Å². The van der Waals surface area contributed by atoms with E-state index in [0.29, 0.717) is 6.04 Å². The molecule has 1 fully saturated rings. The van der Waals surface area contributed by atoms with Crippen LogP contribution in [0.2, 0.25) is 5.02 Å². The molecule has 208 valence electrons. The van der Waals surface area contributed by atoms with Crippen LogP contribution in [0.4, 0.5) is 0 Å². The Morgan fingerprint density at radius 3 is 2.13 bits per heavy atom. The SMILES string of the molecule is COCCCN(CC1(c2ccc(Cl)cc2)CC1)C(C)c1ccccn1.O=C(O)CC(O)(CC(=O)O)C(=O)O. The quantitative estimate of drug-likeness (QED) is 0.256. The summed E-state index contributed by atoms with van der Waals surface area (Å²) in [4.78, 5) is 37.6. The molecule has 1 saturated carbocycles. The monoisotopic (exact) mass is 550 g/mol. The predicted octanol–water partition coefficient (Wildman–Crippen LogP) is 3.62. The van der Waals surface area contributed by atoms with E-state index >= 15 is 0 Å². The van der Waals surface area contributed by atoms with E-state index in [1.165, 1.54) is 18.4 Å². The number of carboxylic acid groups (broad SMARTS) is 3. The van der Waals surface area contributed by atoms with E-state index in [1.807, 2.05) is 24.4 Å². The number of aromatic nitrogens is 1. The van der Waals surface area contributed by atoms with E-state index in [1.54, 1.807) is 7.11 Å². The first-order valence-electron chi connectivity index (χ1n) is 12.2. The Bertz CT molecular complexity index is 1040. The number of nitrogens with zero attached hydrogens (tertiary/aromatic N) is 2. The number of halogens is 1. The summed E-state index contributed by atoms with van der Waals surface area (Å²) in [5.74, 6) is -5.02. The lowest BCUT2D eigenvalue weighted by atomic mass is 9.94. The number of benzene rings is 1. The summed E-state index contributed by atoms with van der Waals surface area (Å²) in [6, 6.07) is 14.9. The summed E-state index contributed by atoms with van der Waals surface area (Å²) >= 11 is 6.07. The highest BCUT2D eigenvalue weighted by Gasteiger charge is 2.46. The van der Waals surface area contributed by atoms with E-state index in [9.17, 15) is 14.4 Å². The molecule has 0 radical (unpaired) electrons. The molecule has 1 aromatic carbocycles. The van der Waals surface area contributed by atoms with Gasteiger partial charge in [0.05, 0.1) is 18.5 Å². The molecule has 1 atom stereocenters. The minimum Gasteiger partial charge on any atom is -0.481 e. The number of ether oxygens (including phenoxy) is 1. The van der Waals surface area contributed by atoms with Crippen molar-refractivity contribution in [3.8, 4) is 0 Å². The molecule has 4 N–H and O–H groups in total. The van der Waals surface area contributed by atoms with Crippen LogP contribution in [0.25, 0.3) is 0 Å². The first-order valence-corrected chi connectivity index (χ1v) is 12.6. The second-order valence-corrected chi connectivity index (χ2v) is 9.95. The van der Waals surface area contributed by atoms with Crippen molar-refractivity contribution in [3.63, 3.8) is 0 Å². The van der Waals surface area contributed by atoms with Crippen molar-refractivity contribution in [1.82, 2.24) is 9.88 Å². The highest BCUT2D eigenvalue weighted by atomic mass is 35.5. The fourth-order valence-corrected chi connectivity index (χ4v) is 4.35. The summed E-state index contributed by atoms with van der Waals surface area (Å²) in [6.07, 6.45) is 3.10. The molecule has 0 spiro atoms. The Hall–Kier alpha value is -3.05. The van der Waals surface area contributed by atoms with Crippen molar-refractivity contribution in [1.29, 1.82) is 0 Å². The van der Waals surface area contributed by atoms with Crippen LogP contribution in [-0.2, 0) is 24.5 Å². The number of carboxylic acids is 3. The third-order valence-electron chi connectivity index (χ3n) is 6.56. The molecule has 11 heteroatoms. The van der Waals surface area contributed by atoms with Gasteiger partial charge in [0.25, 0.3) is 0 Å². The molecule has 1 unspecified atom stereocenters. The van der Waals surface area contributed by atoms with Crippen LogP contribution in [0.3, 0.4) is 0 Å². The average molecular weight is 551 g/mol. The van der Waals surface area contributed by atoms with Gasteiger partial charge in [0.15, 0.2) is 5.60 Å². The lowest BCUT2D eigenvalue weighted by Crippen LogP contribution is -2.42. The van der Waals surface area contributed by atoms with Crippen molar-refractivity contribution in [2.24, 2.45) is 0 Å². The number of hydrogen-bond acceptors (Lipinski definition) is 7. The van der Waals surface area contributed by atoms with Gasteiger partial charge in [0.1, 0.15) is 0 Å². The lowest BCUT2D eigenvalue weighted by Gasteiger charge is -2.33. The number of pyridine rings is 1. The van der Waals surface area contributed by atoms with E-state index < -0.39 is 36.4 Å². The minimum absolute atomic E-state index is 0.265. The number of aliphatic carboxylic acids is 3. The molecular formula is C27H35ClN2O8. The lowest BCUT2D eigenvalue weighted by molar-refractivity contribution is -0.170. The fraction of sp³-hybridized carbons (Fsp3) is 0.481. The highest BCUT2D eigenvalue weighted by Crippen LogP contribution is 2.49. The Balaban J connectivity index is 0.000000332. The van der Waals surface area contributed by atoms with Gasteiger partial charge in [-0.1, -0.05) is 29.8 Å². The van der Waals surface area contributed by atoms with Crippen LogP contribution in [0.1, 0.15) is 56.3 Å². The highest BCUT2D eigenvalue weighted by molar-refractivity contribution is 6.30. The third kappa shape index (κ3) is 9.36. The van der Waals surface area contributed by atoms with Gasteiger partial charge in [0.2, 0.25) is 0 Å². The first-order chi connectivity index (χ1) is 17.9. The van der Waals surface area contributed by atoms with E-state index in [4.69, 9.17) is 36.8 Å². The summed E-state index contributed by atoms with van der Waals surface area (Å²) in [7, 11) is 1.77. The van der Waals surface area contributed by atoms with Crippen molar-refractivity contribution in [2.75, 3.05) is 26.8 Å². The average Bonchev–Trinajstić information content (AvgIpc) is 3.64. The molecule has 1 heterocycles. The molecule has 3 rings (SSSR count). The Morgan fingerprint density at radius 1 is 1.08 bits per heavy atom. The standard InChI is InChI=1S/C21H27ClN2O.C6H8O7/c1-17(20-6-3-4-13-23-20)24(14-5-15-25-2)16-21(11-12-21)18-7-9-19(22)10-8-18;7-3(8)1-6(13,5(11)12)2-4(9)10/h3-4,6-10,13,17H,5,11-12,14-16H2,1-2H3;13H,1-2H2,(H,7,8)(H,9,10)(H,11,12). The van der Waals surface area contributed by atoms with Gasteiger partial charge in [0, 0.05) is 49.5 Å². The summed E-state index contributed by atoms with van der Waals surface area (Å²) in [5, 5.41) is 34.6. The van der Waals surface area contributed by atoms with E-state index in [2.05, 4.69) is 41.1 Å². The minimum atomic E-state index is -2.74. The van der Waals surface area contributed by atoms with Gasteiger partial charge >= 0.3 is 17.9 Å². The molecule has 0 bridgehead atoms. The molecule has 10 nitrogen and oxygen atoms in total. The molecular weight excluding hydrogens is 516 g/mol. The first kappa shape index (κ1) is 31.2. The van der Waals surface area contributed by atoms with Gasteiger partial charge in [-0.2, -0.15) is 0 Å². The van der Waals surface area contributed by atoms with Crippen LogP contribution in [-0.4, -0.2) is 80.6 Å². The van der Waals surface area contributed by atoms with Crippen LogP contribution < -0.4 is 0 Å². The van der Waals surface area contributed by atoms with Crippen molar-refractivity contribution >= 4 is 29.5 Å². The summed E-state index contributed by atoms with van der Waals surface area (Å²) in [6.45, 7) is 5.11. The largest absolute Gasteiger partial charge is 0.481 e. The van der Waals surface area contributed by atoms with Crippen LogP contribution >= 0.6 is 11.6 Å².